The maximum absolute atomic E-state index is 13.1. The average Bonchev–Trinajstić information content (AvgIpc) is 2.39. The van der Waals surface area contributed by atoms with Crippen LogP contribution in [0.2, 0.25) is 0 Å². The van der Waals surface area contributed by atoms with E-state index in [1.54, 1.807) is 6.07 Å². The third-order valence-corrected chi connectivity index (χ3v) is 3.44. The predicted molar refractivity (Wildman–Crippen MR) is 71.3 cm³/mol. The molecular weight excluding hydrogens is 261 g/mol. The number of benzene rings is 1. The van der Waals surface area contributed by atoms with Crippen molar-refractivity contribution in [3.63, 3.8) is 0 Å². The topological polar surface area (TPSA) is 65.4 Å². The Labute approximate surface area is 116 Å². The summed E-state index contributed by atoms with van der Waals surface area (Å²) in [5.74, 6) is -0.280. The highest BCUT2D eigenvalue weighted by Gasteiger charge is 2.29. The number of piperidine rings is 1. The molecular formula is C14H16FN3O2. The molecule has 1 heterocycles. The summed E-state index contributed by atoms with van der Waals surface area (Å²) in [7, 11) is 0. The van der Waals surface area contributed by atoms with Gasteiger partial charge in [0, 0.05) is 24.3 Å². The normalized spacial score (nSPS) is 21.9. The third kappa shape index (κ3) is 3.38. The van der Waals surface area contributed by atoms with Gasteiger partial charge in [0.1, 0.15) is 5.82 Å². The van der Waals surface area contributed by atoms with Crippen molar-refractivity contribution in [3.05, 3.63) is 30.1 Å². The summed E-state index contributed by atoms with van der Waals surface area (Å²) in [6, 6.07) is 6.44. The van der Waals surface area contributed by atoms with E-state index in [-0.39, 0.29) is 17.9 Å². The number of carbonyl (C=O) groups excluding carboxylic acids is 1. The minimum Gasteiger partial charge on any atom is -0.382 e. The molecule has 0 aliphatic carbocycles. The third-order valence-electron chi connectivity index (χ3n) is 3.44. The van der Waals surface area contributed by atoms with Gasteiger partial charge < -0.3 is 15.0 Å². The van der Waals surface area contributed by atoms with Crippen molar-refractivity contribution in [2.45, 2.75) is 31.8 Å². The van der Waals surface area contributed by atoms with Crippen LogP contribution in [0, 0.1) is 17.3 Å². The molecule has 1 aliphatic heterocycles. The van der Waals surface area contributed by atoms with Crippen LogP contribution in [0.1, 0.15) is 19.8 Å². The molecule has 1 N–H and O–H groups in total. The summed E-state index contributed by atoms with van der Waals surface area (Å²) >= 11 is 0. The zero-order valence-corrected chi connectivity index (χ0v) is 11.2. The molecule has 1 amide bonds. The molecule has 0 radical (unpaired) electrons. The number of likely N-dealkylation sites (tertiary alicyclic amines) is 1. The Hall–Kier alpha value is -2.29. The van der Waals surface area contributed by atoms with Crippen molar-refractivity contribution >= 4 is 11.8 Å². The number of nitrogens with one attached hydrogen (secondary N) is 1. The molecule has 106 valence electrons. The minimum atomic E-state index is -0.607. The van der Waals surface area contributed by atoms with Crippen molar-refractivity contribution in [3.8, 4) is 6.26 Å². The Morgan fingerprint density at radius 3 is 3.05 bits per heavy atom. The monoisotopic (exact) mass is 277 g/mol. The number of hydrogen-bond acceptors (Lipinski definition) is 4. The molecule has 20 heavy (non-hydrogen) atoms. The van der Waals surface area contributed by atoms with Gasteiger partial charge in [-0.05, 0) is 38.0 Å². The van der Waals surface area contributed by atoms with Gasteiger partial charge in [0.05, 0.1) is 0 Å². The van der Waals surface area contributed by atoms with Crippen molar-refractivity contribution in [2.75, 3.05) is 11.9 Å². The number of halogens is 1. The second-order valence-electron chi connectivity index (χ2n) is 4.88. The average molecular weight is 277 g/mol. The first kappa shape index (κ1) is 14.1. The smallest absolute Gasteiger partial charge is 0.382 e. The van der Waals surface area contributed by atoms with E-state index in [1.165, 1.54) is 23.3 Å². The number of hydrogen-bond donors (Lipinski definition) is 1. The first-order valence-electron chi connectivity index (χ1n) is 6.49. The van der Waals surface area contributed by atoms with Crippen LogP contribution in [0.15, 0.2) is 24.3 Å². The van der Waals surface area contributed by atoms with Crippen LogP contribution in [-0.4, -0.2) is 29.6 Å². The number of anilines is 1. The van der Waals surface area contributed by atoms with Crippen molar-refractivity contribution in [2.24, 2.45) is 0 Å². The summed E-state index contributed by atoms with van der Waals surface area (Å²) in [5.41, 5.74) is 0.732. The van der Waals surface area contributed by atoms with Crippen LogP contribution in [0.5, 0.6) is 0 Å². The van der Waals surface area contributed by atoms with E-state index < -0.39 is 6.09 Å². The van der Waals surface area contributed by atoms with Crippen LogP contribution in [-0.2, 0) is 4.74 Å². The van der Waals surface area contributed by atoms with Gasteiger partial charge in [-0.15, -0.1) is 5.26 Å². The molecule has 6 heteroatoms. The standard InChI is InChI=1S/C14H16FN3O2/c1-10-7-13(5-6-18(10)14(19)20-9-16)17-12-4-2-3-11(15)8-12/h2-4,8,10,13,17H,5-7H2,1H3. The van der Waals surface area contributed by atoms with E-state index in [4.69, 9.17) is 5.26 Å². The van der Waals surface area contributed by atoms with Crippen LogP contribution in [0.25, 0.3) is 0 Å². The Balaban J connectivity index is 1.92. The molecule has 0 bridgehead atoms. The van der Waals surface area contributed by atoms with Crippen molar-refractivity contribution in [1.82, 2.24) is 4.90 Å². The zero-order valence-electron chi connectivity index (χ0n) is 11.2. The quantitative estimate of drug-likeness (QED) is 0.844. The van der Waals surface area contributed by atoms with Crippen molar-refractivity contribution in [1.29, 1.82) is 5.26 Å². The number of ether oxygens (including phenoxy) is 1. The van der Waals surface area contributed by atoms with E-state index in [0.29, 0.717) is 6.54 Å². The SMILES string of the molecule is CC1CC(Nc2cccc(F)c2)CCN1C(=O)OC#N. The fourth-order valence-electron chi connectivity index (χ4n) is 2.49. The molecule has 2 rings (SSSR count). The van der Waals surface area contributed by atoms with Gasteiger partial charge in [0.2, 0.25) is 0 Å². The lowest BCUT2D eigenvalue weighted by atomic mass is 9.98. The van der Waals surface area contributed by atoms with Gasteiger partial charge in [-0.3, -0.25) is 0 Å². The maximum Gasteiger partial charge on any atom is 0.425 e. The molecule has 1 fully saturated rings. The maximum atomic E-state index is 13.1. The highest BCUT2D eigenvalue weighted by molar-refractivity contribution is 5.69. The Morgan fingerprint density at radius 1 is 1.60 bits per heavy atom. The highest BCUT2D eigenvalue weighted by atomic mass is 19.1. The fraction of sp³-hybridized carbons (Fsp3) is 0.429. The van der Waals surface area contributed by atoms with Gasteiger partial charge in [-0.25, -0.2) is 9.18 Å². The zero-order chi connectivity index (χ0) is 14.5. The molecule has 1 aromatic carbocycles. The molecule has 2 atom stereocenters. The Kier molecular flexibility index (Phi) is 4.41. The van der Waals surface area contributed by atoms with E-state index in [0.717, 1.165) is 18.5 Å². The number of amides is 1. The lowest BCUT2D eigenvalue weighted by Gasteiger charge is -2.36. The highest BCUT2D eigenvalue weighted by Crippen LogP contribution is 2.22. The summed E-state index contributed by atoms with van der Waals surface area (Å²) in [4.78, 5) is 13.1. The fourth-order valence-corrected chi connectivity index (χ4v) is 2.49. The van der Waals surface area contributed by atoms with Crippen LogP contribution < -0.4 is 5.32 Å². The summed E-state index contributed by atoms with van der Waals surface area (Å²) in [6.45, 7) is 2.41. The molecule has 1 aliphatic rings. The summed E-state index contributed by atoms with van der Waals surface area (Å²) in [6.07, 6.45) is 2.23. The molecule has 2 unspecified atom stereocenters. The predicted octanol–water partition coefficient (Wildman–Crippen LogP) is 2.71. The molecule has 5 nitrogen and oxygen atoms in total. The van der Waals surface area contributed by atoms with Crippen molar-refractivity contribution < 1.29 is 13.9 Å². The van der Waals surface area contributed by atoms with Gasteiger partial charge in [0.15, 0.2) is 0 Å². The molecule has 1 aromatic rings. The molecule has 0 aromatic heterocycles. The second-order valence-corrected chi connectivity index (χ2v) is 4.88. The Morgan fingerprint density at radius 2 is 2.40 bits per heavy atom. The van der Waals surface area contributed by atoms with E-state index >= 15 is 0 Å². The van der Waals surface area contributed by atoms with Gasteiger partial charge in [0.25, 0.3) is 6.26 Å². The first-order chi connectivity index (χ1) is 9.60. The lowest BCUT2D eigenvalue weighted by molar-refractivity contribution is 0.107. The van der Waals surface area contributed by atoms with E-state index in [9.17, 15) is 9.18 Å². The van der Waals surface area contributed by atoms with Crippen LogP contribution in [0.3, 0.4) is 0 Å². The number of nitriles is 1. The number of carbonyl (C=O) groups is 1. The summed E-state index contributed by atoms with van der Waals surface area (Å²) in [5, 5.41) is 11.6. The molecule has 0 saturated carbocycles. The lowest BCUT2D eigenvalue weighted by Crippen LogP contribution is -2.47. The van der Waals surface area contributed by atoms with Crippen LogP contribution >= 0.6 is 0 Å². The summed E-state index contributed by atoms with van der Waals surface area (Å²) < 4.78 is 17.5. The minimum absolute atomic E-state index is 0.0318. The van der Waals surface area contributed by atoms with Gasteiger partial charge >= 0.3 is 6.09 Å². The van der Waals surface area contributed by atoms with Crippen LogP contribution in [0.4, 0.5) is 14.9 Å². The largest absolute Gasteiger partial charge is 0.425 e. The van der Waals surface area contributed by atoms with Gasteiger partial charge in [-0.2, -0.15) is 0 Å². The second kappa shape index (κ2) is 6.24. The first-order valence-corrected chi connectivity index (χ1v) is 6.49. The van der Waals surface area contributed by atoms with E-state index in [1.807, 2.05) is 13.0 Å². The molecule has 0 spiro atoms. The number of nitrogens with zero attached hydrogens (tertiary/aromatic N) is 2. The number of rotatable bonds is 2. The Bertz CT molecular complexity index is 529. The van der Waals surface area contributed by atoms with E-state index in [2.05, 4.69) is 10.1 Å². The van der Waals surface area contributed by atoms with Gasteiger partial charge in [-0.1, -0.05) is 6.07 Å². The molecule has 1 saturated heterocycles.